The normalized spacial score (nSPS) is 20.4. The van der Waals surface area contributed by atoms with Gasteiger partial charge < -0.3 is 19.5 Å². The Morgan fingerprint density at radius 3 is 2.46 bits per heavy atom. The lowest BCUT2D eigenvalue weighted by atomic mass is 9.87. The molecule has 0 bridgehead atoms. The minimum atomic E-state index is -0.635. The maximum Gasteiger partial charge on any atom is 0.243 e. The van der Waals surface area contributed by atoms with Gasteiger partial charge in [-0.05, 0) is 41.3 Å². The molecule has 3 aliphatic rings. The number of hydrogen-bond donors (Lipinski definition) is 1. The first-order valence-electron chi connectivity index (χ1n) is 12.6. The molecule has 1 aliphatic carbocycles. The van der Waals surface area contributed by atoms with Crippen LogP contribution >= 0.6 is 11.8 Å². The van der Waals surface area contributed by atoms with Crippen LogP contribution in [0.3, 0.4) is 0 Å². The Balaban J connectivity index is 1.17. The molecular formula is C29H32FNO5S. The average Bonchev–Trinajstić information content (AvgIpc) is 2.87. The van der Waals surface area contributed by atoms with E-state index in [1.54, 1.807) is 0 Å². The first-order chi connectivity index (χ1) is 17.5. The van der Waals surface area contributed by atoms with Gasteiger partial charge in [0.25, 0.3) is 0 Å². The van der Waals surface area contributed by atoms with Gasteiger partial charge in [-0.15, -0.1) is 11.8 Å². The third-order valence-electron chi connectivity index (χ3n) is 7.29. The zero-order valence-electron chi connectivity index (χ0n) is 21.4. The van der Waals surface area contributed by atoms with Crippen LogP contribution in [0.2, 0.25) is 0 Å². The van der Waals surface area contributed by atoms with Crippen molar-refractivity contribution in [2.24, 2.45) is 0 Å². The number of piperidine rings is 1. The molecule has 6 nitrogen and oxygen atoms in total. The highest BCUT2D eigenvalue weighted by molar-refractivity contribution is 8.04. The number of likely N-dealkylation sites (tertiary alicyclic amines) is 1. The van der Waals surface area contributed by atoms with Gasteiger partial charge in [0.15, 0.2) is 0 Å². The zero-order valence-corrected chi connectivity index (χ0v) is 22.2. The highest BCUT2D eigenvalue weighted by Gasteiger charge is 2.46. The fourth-order valence-corrected chi connectivity index (χ4v) is 6.28. The maximum absolute atomic E-state index is 14.0. The maximum atomic E-state index is 14.0. The van der Waals surface area contributed by atoms with Crippen LogP contribution in [0.4, 0.5) is 4.39 Å². The van der Waals surface area contributed by atoms with E-state index in [1.165, 1.54) is 35.5 Å². The zero-order chi connectivity index (χ0) is 26.4. The molecule has 196 valence electrons. The Hall–Kier alpha value is -2.68. The molecule has 0 unspecified atom stereocenters. The fraction of sp³-hybridized carbons (Fsp3) is 0.448. The summed E-state index contributed by atoms with van der Waals surface area (Å²) >= 11 is 1.33. The Kier molecular flexibility index (Phi) is 6.94. The number of halogens is 1. The van der Waals surface area contributed by atoms with Gasteiger partial charge in [0.1, 0.15) is 40.5 Å². The van der Waals surface area contributed by atoms with Crippen LogP contribution in [-0.4, -0.2) is 65.3 Å². The van der Waals surface area contributed by atoms with E-state index in [4.69, 9.17) is 9.47 Å². The molecule has 0 amide bonds. The highest BCUT2D eigenvalue weighted by atomic mass is 32.2. The molecule has 0 radical (unpaired) electrons. The summed E-state index contributed by atoms with van der Waals surface area (Å²) in [5, 5.41) is 10.6. The third-order valence-corrected chi connectivity index (χ3v) is 8.62. The number of benzene rings is 2. The quantitative estimate of drug-likeness (QED) is 0.572. The summed E-state index contributed by atoms with van der Waals surface area (Å²) in [6, 6.07) is 11.8. The summed E-state index contributed by atoms with van der Waals surface area (Å²) in [5.41, 5.74) is 1.35. The van der Waals surface area contributed by atoms with Crippen molar-refractivity contribution in [1.29, 1.82) is 0 Å². The molecule has 2 aromatic carbocycles. The first-order valence-corrected chi connectivity index (χ1v) is 13.6. The van der Waals surface area contributed by atoms with Gasteiger partial charge in [0.05, 0.1) is 0 Å². The average molecular weight is 526 g/mol. The second-order valence-corrected chi connectivity index (χ2v) is 12.1. The van der Waals surface area contributed by atoms with Gasteiger partial charge in [-0.2, -0.15) is 0 Å². The smallest absolute Gasteiger partial charge is 0.243 e. The van der Waals surface area contributed by atoms with E-state index >= 15 is 0 Å². The molecular weight excluding hydrogens is 493 g/mol. The van der Waals surface area contributed by atoms with Crippen molar-refractivity contribution in [1.82, 2.24) is 4.90 Å². The van der Waals surface area contributed by atoms with Crippen molar-refractivity contribution in [3.05, 3.63) is 69.9 Å². The van der Waals surface area contributed by atoms with Gasteiger partial charge in [-0.25, -0.2) is 4.39 Å². The molecule has 1 fully saturated rings. The predicted octanol–water partition coefficient (Wildman–Crippen LogP) is 4.60. The summed E-state index contributed by atoms with van der Waals surface area (Å²) in [6.45, 7) is 8.60. The van der Waals surface area contributed by atoms with Crippen molar-refractivity contribution < 1.29 is 28.6 Å². The molecule has 5 rings (SSSR count). The molecule has 2 aromatic rings. The van der Waals surface area contributed by atoms with Gasteiger partial charge in [0.2, 0.25) is 11.6 Å². The van der Waals surface area contributed by atoms with E-state index in [1.807, 2.05) is 12.1 Å². The van der Waals surface area contributed by atoms with Crippen LogP contribution in [0.15, 0.2) is 47.4 Å². The van der Waals surface area contributed by atoms with E-state index in [-0.39, 0.29) is 22.5 Å². The largest absolute Gasteiger partial charge is 0.491 e. The van der Waals surface area contributed by atoms with E-state index in [0.29, 0.717) is 49.6 Å². The number of ketones is 2. The van der Waals surface area contributed by atoms with E-state index in [0.717, 1.165) is 5.75 Å². The first kappa shape index (κ1) is 25.9. The van der Waals surface area contributed by atoms with Gasteiger partial charge in [0, 0.05) is 49.4 Å². The van der Waals surface area contributed by atoms with Crippen molar-refractivity contribution in [2.45, 2.75) is 50.7 Å². The number of carbonyl (C=O) groups excluding carboxylic acids is 2. The molecule has 1 spiro atoms. The number of hydrogen-bond acceptors (Lipinski definition) is 7. The van der Waals surface area contributed by atoms with Gasteiger partial charge in [-0.1, -0.05) is 32.9 Å². The van der Waals surface area contributed by atoms with Crippen molar-refractivity contribution in [3.63, 3.8) is 0 Å². The lowest BCUT2D eigenvalue weighted by Crippen LogP contribution is -2.51. The summed E-state index contributed by atoms with van der Waals surface area (Å²) in [5.74, 6) is -0.0514. The number of β-amino-alcohol motifs (C(OH)–C–C–N with tert-alkyl or cyclic N) is 1. The van der Waals surface area contributed by atoms with Crippen LogP contribution < -0.4 is 4.74 Å². The molecule has 0 saturated carbocycles. The number of aliphatic hydroxyl groups is 1. The van der Waals surface area contributed by atoms with Crippen molar-refractivity contribution in [3.8, 4) is 5.75 Å². The highest BCUT2D eigenvalue weighted by Crippen LogP contribution is 2.47. The number of Topliss-reactive ketones (excluding diaryl/α,β-unsaturated/α-hetero) is 2. The Morgan fingerprint density at radius 2 is 1.78 bits per heavy atom. The molecule has 2 aliphatic heterocycles. The molecule has 1 N–H and O–H groups in total. The summed E-state index contributed by atoms with van der Waals surface area (Å²) in [7, 11) is 0. The second-order valence-electron chi connectivity index (χ2n) is 11.1. The predicted molar refractivity (Wildman–Crippen MR) is 141 cm³/mol. The van der Waals surface area contributed by atoms with E-state index in [9.17, 15) is 19.1 Å². The minimum Gasteiger partial charge on any atom is -0.491 e. The molecule has 8 heteroatoms. The number of allylic oxidation sites excluding steroid dienone is 1. The Bertz CT molecular complexity index is 1240. The fourth-order valence-electron chi connectivity index (χ4n) is 5.02. The molecule has 2 heterocycles. The monoisotopic (exact) mass is 525 g/mol. The van der Waals surface area contributed by atoms with E-state index < -0.39 is 29.1 Å². The molecule has 37 heavy (non-hydrogen) atoms. The minimum absolute atomic E-state index is 0.0752. The van der Waals surface area contributed by atoms with E-state index in [2.05, 4.69) is 37.8 Å². The van der Waals surface area contributed by atoms with Crippen molar-refractivity contribution in [2.75, 3.05) is 32.0 Å². The SMILES string of the molecule is CC(C)(C)c1ccc(OC[C@@H](O)CN2CCC3(CC2)CSC2=C(O3)c3cc(F)ccc3C(=O)C2=O)cc1. The Labute approximate surface area is 220 Å². The second kappa shape index (κ2) is 9.89. The summed E-state index contributed by atoms with van der Waals surface area (Å²) in [6.07, 6.45) is 0.765. The number of thioether (sulfide) groups is 1. The standard InChI is InChI=1S/C29H32FNO5S/c1-28(2,3)18-4-7-21(8-5-18)35-16-20(32)15-31-12-10-29(11-13-31)17-37-27-25(34)24(33)22-9-6-19(30)14-23(22)26(27)36-29/h4-9,14,20,32H,10-13,15-17H2,1-3H3/t20-/m0/s1. The van der Waals surface area contributed by atoms with Crippen molar-refractivity contribution >= 4 is 29.1 Å². The number of nitrogens with zero attached hydrogens (tertiary/aromatic N) is 1. The third kappa shape index (κ3) is 5.33. The Morgan fingerprint density at radius 1 is 1.08 bits per heavy atom. The van der Waals surface area contributed by atoms with Crippen LogP contribution in [0, 0.1) is 5.82 Å². The number of ether oxygens (including phenoxy) is 2. The van der Waals surface area contributed by atoms with Gasteiger partial charge >= 0.3 is 0 Å². The summed E-state index contributed by atoms with van der Waals surface area (Å²) < 4.78 is 26.2. The van der Waals surface area contributed by atoms with Crippen LogP contribution in [-0.2, 0) is 14.9 Å². The molecule has 1 saturated heterocycles. The van der Waals surface area contributed by atoms with Gasteiger partial charge in [-0.3, -0.25) is 9.59 Å². The number of carbonyl (C=O) groups is 2. The topological polar surface area (TPSA) is 76.1 Å². The number of rotatable bonds is 5. The lowest BCUT2D eigenvalue weighted by Gasteiger charge is -2.45. The number of fused-ring (bicyclic) bond motifs is 2. The summed E-state index contributed by atoms with van der Waals surface area (Å²) in [4.78, 5) is 27.6. The molecule has 1 atom stereocenters. The van der Waals surface area contributed by atoms with Crippen LogP contribution in [0.1, 0.15) is 55.1 Å². The lowest BCUT2D eigenvalue weighted by molar-refractivity contribution is -0.111. The number of aliphatic hydroxyl groups excluding tert-OH is 1. The van der Waals surface area contributed by atoms with Crippen LogP contribution in [0.25, 0.3) is 5.76 Å². The molecule has 0 aromatic heterocycles. The van der Waals surface area contributed by atoms with Crippen LogP contribution in [0.5, 0.6) is 5.75 Å².